The third-order valence-corrected chi connectivity index (χ3v) is 7.83. The van der Waals surface area contributed by atoms with Crippen molar-refractivity contribution in [1.82, 2.24) is 4.98 Å². The van der Waals surface area contributed by atoms with Crippen LogP contribution in [0.2, 0.25) is 0 Å². The highest BCUT2D eigenvalue weighted by Crippen LogP contribution is 2.37. The van der Waals surface area contributed by atoms with Crippen molar-refractivity contribution in [3.8, 4) is 11.1 Å². The number of nitrogens with two attached hydrogens (primary N) is 2. The lowest BCUT2D eigenvalue weighted by Crippen LogP contribution is -2.16. The van der Waals surface area contributed by atoms with Gasteiger partial charge in [-0.15, -0.1) is 16.5 Å². The summed E-state index contributed by atoms with van der Waals surface area (Å²) in [5.41, 5.74) is 14.8. The van der Waals surface area contributed by atoms with E-state index in [0.29, 0.717) is 22.4 Å². The van der Waals surface area contributed by atoms with E-state index < -0.39 is 11.4 Å². The standard InChI is InChI=1S/C29H28N4OS2/c1-19-18-35-29(32-19)33-28(24-9-5-8-23(17-24)21-6-3-2-4-7-21)26(27(30)22-12-13-22)16-20-10-14-25(15-11-20)36(31)34/h2-11,14-15,17-18,22H,12-13,16,30-31H2,1H3. The maximum atomic E-state index is 11.7. The van der Waals surface area contributed by atoms with Gasteiger partial charge in [0.1, 0.15) is 0 Å². The van der Waals surface area contributed by atoms with Crippen molar-refractivity contribution >= 4 is 33.5 Å². The minimum Gasteiger partial charge on any atom is -0.593 e. The molecule has 1 atom stereocenters. The normalized spacial score (nSPS) is 15.5. The van der Waals surface area contributed by atoms with E-state index >= 15 is 0 Å². The summed E-state index contributed by atoms with van der Waals surface area (Å²) in [5.74, 6) is 0.372. The molecule has 0 bridgehead atoms. The number of thiazole rings is 1. The molecule has 1 aliphatic rings. The number of aromatic nitrogens is 1. The fourth-order valence-corrected chi connectivity index (χ4v) is 5.25. The number of aryl methyl sites for hydroxylation is 1. The molecule has 1 fully saturated rings. The summed E-state index contributed by atoms with van der Waals surface area (Å²) in [5, 5.41) is 8.27. The zero-order valence-corrected chi connectivity index (χ0v) is 21.7. The van der Waals surface area contributed by atoms with E-state index in [1.807, 2.05) is 54.8 Å². The Balaban J connectivity index is 1.62. The Morgan fingerprint density at radius 3 is 2.39 bits per heavy atom. The predicted molar refractivity (Wildman–Crippen MR) is 150 cm³/mol. The molecule has 0 radical (unpaired) electrons. The summed E-state index contributed by atoms with van der Waals surface area (Å²) in [7, 11) is 0. The lowest BCUT2D eigenvalue weighted by molar-refractivity contribution is 0.596. The van der Waals surface area contributed by atoms with Gasteiger partial charge < -0.3 is 10.3 Å². The van der Waals surface area contributed by atoms with Crippen molar-refractivity contribution in [2.75, 3.05) is 0 Å². The first kappa shape index (κ1) is 24.5. The molecular formula is C29H28N4OS2. The van der Waals surface area contributed by atoms with E-state index in [2.05, 4.69) is 41.4 Å². The number of benzene rings is 3. The molecule has 0 saturated heterocycles. The number of allylic oxidation sites excluding steroid dienone is 2. The van der Waals surface area contributed by atoms with Gasteiger partial charge in [0.05, 0.1) is 22.8 Å². The third kappa shape index (κ3) is 5.77. The van der Waals surface area contributed by atoms with Gasteiger partial charge in [0.2, 0.25) is 5.13 Å². The zero-order chi connectivity index (χ0) is 25.1. The summed E-state index contributed by atoms with van der Waals surface area (Å²) in [6.45, 7) is 1.98. The summed E-state index contributed by atoms with van der Waals surface area (Å²) >= 11 is 0.0210. The highest BCUT2D eigenvalue weighted by atomic mass is 32.2. The van der Waals surface area contributed by atoms with Crippen LogP contribution in [-0.4, -0.2) is 15.2 Å². The first-order chi connectivity index (χ1) is 17.5. The monoisotopic (exact) mass is 512 g/mol. The molecule has 1 saturated carbocycles. The summed E-state index contributed by atoms with van der Waals surface area (Å²) in [6.07, 6.45) is 2.79. The fraction of sp³-hybridized carbons (Fsp3) is 0.172. The zero-order valence-electron chi connectivity index (χ0n) is 20.1. The van der Waals surface area contributed by atoms with Gasteiger partial charge in [0, 0.05) is 28.6 Å². The molecule has 5 rings (SSSR count). The van der Waals surface area contributed by atoms with E-state index in [0.717, 1.165) is 57.8 Å². The van der Waals surface area contributed by atoms with Gasteiger partial charge in [0.15, 0.2) is 4.90 Å². The van der Waals surface area contributed by atoms with E-state index in [4.69, 9.17) is 15.9 Å². The van der Waals surface area contributed by atoms with Crippen molar-refractivity contribution in [3.63, 3.8) is 0 Å². The third-order valence-electron chi connectivity index (χ3n) is 6.25. The van der Waals surface area contributed by atoms with Crippen LogP contribution in [0.3, 0.4) is 0 Å². The van der Waals surface area contributed by atoms with Crippen LogP contribution in [0, 0.1) is 12.8 Å². The van der Waals surface area contributed by atoms with Crippen LogP contribution >= 0.6 is 11.3 Å². The van der Waals surface area contributed by atoms with Gasteiger partial charge in [0.25, 0.3) is 0 Å². The van der Waals surface area contributed by atoms with Gasteiger partial charge in [-0.05, 0) is 60.6 Å². The van der Waals surface area contributed by atoms with Crippen molar-refractivity contribution in [2.45, 2.75) is 31.1 Å². The van der Waals surface area contributed by atoms with Gasteiger partial charge in [-0.3, -0.25) is 0 Å². The second-order valence-electron chi connectivity index (χ2n) is 9.01. The molecule has 36 heavy (non-hydrogen) atoms. The van der Waals surface area contributed by atoms with E-state index in [1.54, 1.807) is 0 Å². The Labute approximate surface area is 218 Å². The van der Waals surface area contributed by atoms with Gasteiger partial charge in [-0.25, -0.2) is 9.98 Å². The minimum atomic E-state index is -1.51. The maximum absolute atomic E-state index is 11.7. The van der Waals surface area contributed by atoms with E-state index in [9.17, 15) is 4.55 Å². The number of hydrogen-bond acceptors (Lipinski definition) is 6. The number of hydrogen-bond donors (Lipinski definition) is 2. The molecule has 0 spiro atoms. The molecule has 0 amide bonds. The SMILES string of the molecule is Cc1csc(N=C(C(Cc2ccc([S+](N)[O-])cc2)=C(N)C2CC2)c2cccc(-c3ccccc3)c2)n1. The molecule has 182 valence electrons. The van der Waals surface area contributed by atoms with Crippen LogP contribution in [0.1, 0.15) is 29.7 Å². The summed E-state index contributed by atoms with van der Waals surface area (Å²) in [4.78, 5) is 10.3. The Hall–Kier alpha value is -3.23. The maximum Gasteiger partial charge on any atom is 0.209 e. The first-order valence-corrected chi connectivity index (χ1v) is 14.0. The Morgan fingerprint density at radius 2 is 1.75 bits per heavy atom. The van der Waals surface area contributed by atoms with Gasteiger partial charge in [-0.2, -0.15) is 0 Å². The summed E-state index contributed by atoms with van der Waals surface area (Å²) in [6, 6.07) is 26.3. The van der Waals surface area contributed by atoms with Crippen molar-refractivity contribution in [2.24, 2.45) is 21.8 Å². The molecule has 3 aromatic carbocycles. The van der Waals surface area contributed by atoms with Gasteiger partial charge >= 0.3 is 0 Å². The highest BCUT2D eigenvalue weighted by Gasteiger charge is 2.29. The average Bonchev–Trinajstić information content (AvgIpc) is 3.68. The number of aliphatic imine (C=N–C) groups is 1. The smallest absolute Gasteiger partial charge is 0.209 e. The highest BCUT2D eigenvalue weighted by molar-refractivity contribution is 7.89. The quantitative estimate of drug-likeness (QED) is 0.220. The summed E-state index contributed by atoms with van der Waals surface area (Å²) < 4.78 is 11.7. The molecular weight excluding hydrogens is 484 g/mol. The molecule has 1 aromatic heterocycles. The first-order valence-electron chi connectivity index (χ1n) is 11.9. The van der Waals surface area contributed by atoms with Gasteiger partial charge in [-0.1, -0.05) is 60.7 Å². The second kappa shape index (κ2) is 10.8. The van der Waals surface area contributed by atoms with Crippen LogP contribution in [0.25, 0.3) is 11.1 Å². The Bertz CT molecular complexity index is 1400. The fourth-order valence-electron chi connectivity index (χ4n) is 4.18. The van der Waals surface area contributed by atoms with Crippen LogP contribution in [0.5, 0.6) is 0 Å². The second-order valence-corrected chi connectivity index (χ2v) is 10.9. The molecule has 4 aromatic rings. The number of rotatable bonds is 8. The molecule has 4 N–H and O–H groups in total. The van der Waals surface area contributed by atoms with Crippen LogP contribution in [0.4, 0.5) is 5.13 Å². The van der Waals surface area contributed by atoms with Crippen LogP contribution < -0.4 is 10.9 Å². The number of nitrogens with zero attached hydrogens (tertiary/aromatic N) is 2. The lowest BCUT2D eigenvalue weighted by Gasteiger charge is -2.17. The molecule has 7 heteroatoms. The van der Waals surface area contributed by atoms with Crippen LogP contribution in [0.15, 0.2) is 105 Å². The van der Waals surface area contributed by atoms with Crippen molar-refractivity contribution < 1.29 is 4.55 Å². The molecule has 1 unspecified atom stereocenters. The predicted octanol–water partition coefficient (Wildman–Crippen LogP) is 6.09. The Kier molecular flexibility index (Phi) is 7.34. The van der Waals surface area contributed by atoms with E-state index in [-0.39, 0.29) is 0 Å². The van der Waals surface area contributed by atoms with Crippen molar-refractivity contribution in [3.05, 3.63) is 112 Å². The van der Waals surface area contributed by atoms with E-state index in [1.165, 1.54) is 11.3 Å². The average molecular weight is 513 g/mol. The Morgan fingerprint density at radius 1 is 1.03 bits per heavy atom. The topological polar surface area (TPSA) is 100 Å². The minimum absolute atomic E-state index is 0.372. The molecule has 1 aliphatic carbocycles. The largest absolute Gasteiger partial charge is 0.593 e. The molecule has 0 aliphatic heterocycles. The lowest BCUT2D eigenvalue weighted by atomic mass is 9.91. The van der Waals surface area contributed by atoms with Crippen molar-refractivity contribution in [1.29, 1.82) is 0 Å². The molecule has 1 heterocycles. The van der Waals surface area contributed by atoms with Crippen LogP contribution in [-0.2, 0) is 17.8 Å². The molecule has 5 nitrogen and oxygen atoms in total.